The number of hydrogen-bond donors (Lipinski definition) is 0. The van der Waals surface area contributed by atoms with E-state index < -0.39 is 0 Å². The molecule has 0 unspecified atom stereocenters. The quantitative estimate of drug-likeness (QED) is 0.176. The van der Waals surface area contributed by atoms with Gasteiger partial charge >= 0.3 is 0 Å². The zero-order valence-electron chi connectivity index (χ0n) is 28.4. The van der Waals surface area contributed by atoms with E-state index in [1.54, 1.807) is 0 Å². The van der Waals surface area contributed by atoms with Gasteiger partial charge in [-0.3, -0.25) is 0 Å². The zero-order valence-corrected chi connectivity index (χ0v) is 28.4. The van der Waals surface area contributed by atoms with E-state index in [0.29, 0.717) is 0 Å². The third kappa shape index (κ3) is 4.96. The summed E-state index contributed by atoms with van der Waals surface area (Å²) in [5.41, 5.74) is 12.0. The van der Waals surface area contributed by atoms with Crippen LogP contribution in [0.3, 0.4) is 0 Å². The van der Waals surface area contributed by atoms with Crippen molar-refractivity contribution in [3.63, 3.8) is 0 Å². The molecule has 2 heteroatoms. The van der Waals surface area contributed by atoms with Gasteiger partial charge in [-0.1, -0.05) is 164 Å². The lowest BCUT2D eigenvalue weighted by molar-refractivity contribution is 0.670. The third-order valence-electron chi connectivity index (χ3n) is 10.3. The molecule has 0 spiro atoms. The van der Waals surface area contributed by atoms with E-state index in [4.69, 9.17) is 4.42 Å². The monoisotopic (exact) mass is 663 g/mol. The maximum absolute atomic E-state index is 6.87. The number of hydrogen-bond acceptors (Lipinski definition) is 2. The third-order valence-corrected chi connectivity index (χ3v) is 10.3. The summed E-state index contributed by atoms with van der Waals surface area (Å²) in [4.78, 5) is 2.42. The summed E-state index contributed by atoms with van der Waals surface area (Å²) in [5, 5.41) is 6.96. The van der Waals surface area contributed by atoms with Crippen LogP contribution in [0.25, 0.3) is 76.9 Å². The molecular weight excluding hydrogens is 631 g/mol. The van der Waals surface area contributed by atoms with Crippen LogP contribution >= 0.6 is 0 Å². The smallest absolute Gasteiger partial charge is 0.145 e. The number of anilines is 3. The van der Waals surface area contributed by atoms with Gasteiger partial charge < -0.3 is 9.32 Å². The van der Waals surface area contributed by atoms with Crippen molar-refractivity contribution in [2.75, 3.05) is 4.90 Å². The molecule has 0 amide bonds. The number of nitrogens with zero attached hydrogens (tertiary/aromatic N) is 1. The van der Waals surface area contributed by atoms with E-state index >= 15 is 0 Å². The molecule has 0 saturated heterocycles. The number of rotatable bonds is 6. The fourth-order valence-corrected chi connectivity index (χ4v) is 7.90. The Morgan fingerprint density at radius 3 is 1.75 bits per heavy atom. The first-order valence-electron chi connectivity index (χ1n) is 17.8. The van der Waals surface area contributed by atoms with Crippen molar-refractivity contribution >= 4 is 60.5 Å². The summed E-state index contributed by atoms with van der Waals surface area (Å²) < 4.78 is 6.87. The second-order valence-corrected chi connectivity index (χ2v) is 13.3. The van der Waals surface area contributed by atoms with Gasteiger partial charge in [-0.2, -0.15) is 0 Å². The van der Waals surface area contributed by atoms with Crippen LogP contribution in [0.2, 0.25) is 0 Å². The van der Waals surface area contributed by atoms with Gasteiger partial charge in [-0.25, -0.2) is 0 Å². The Hall–Kier alpha value is -6.90. The van der Waals surface area contributed by atoms with Crippen LogP contribution < -0.4 is 4.90 Å². The van der Waals surface area contributed by atoms with Crippen molar-refractivity contribution in [1.29, 1.82) is 0 Å². The van der Waals surface area contributed by atoms with E-state index in [1.165, 1.54) is 38.2 Å². The van der Waals surface area contributed by atoms with Crippen molar-refractivity contribution in [3.05, 3.63) is 200 Å². The second kappa shape index (κ2) is 12.5. The number of para-hydroxylation sites is 1. The highest BCUT2D eigenvalue weighted by Gasteiger charge is 2.24. The van der Waals surface area contributed by atoms with Crippen LogP contribution in [0, 0.1) is 0 Å². The van der Waals surface area contributed by atoms with Gasteiger partial charge in [0.2, 0.25) is 0 Å². The van der Waals surface area contributed by atoms with Crippen molar-refractivity contribution in [1.82, 2.24) is 0 Å². The topological polar surface area (TPSA) is 16.4 Å². The van der Waals surface area contributed by atoms with Gasteiger partial charge in [0.15, 0.2) is 0 Å². The van der Waals surface area contributed by atoms with Gasteiger partial charge in [-0.05, 0) is 80.4 Å². The summed E-state index contributed by atoms with van der Waals surface area (Å²) in [6.45, 7) is 0. The molecule has 0 saturated carbocycles. The molecule has 1 heterocycles. The molecule has 10 rings (SSSR count). The molecule has 9 aromatic carbocycles. The van der Waals surface area contributed by atoms with Crippen LogP contribution in [0.15, 0.2) is 205 Å². The minimum absolute atomic E-state index is 0.870. The summed E-state index contributed by atoms with van der Waals surface area (Å²) in [5.74, 6) is 0. The lowest BCUT2D eigenvalue weighted by atomic mass is 9.93. The van der Waals surface area contributed by atoms with Gasteiger partial charge in [0.25, 0.3) is 0 Å². The number of fused-ring (bicyclic) bond motifs is 5. The Labute approximate surface area is 302 Å². The molecular formula is C50H33NO. The van der Waals surface area contributed by atoms with E-state index in [2.05, 4.69) is 205 Å². The highest BCUT2D eigenvalue weighted by atomic mass is 16.3. The Bertz CT molecular complexity index is 2910. The van der Waals surface area contributed by atoms with Crippen LogP contribution in [-0.4, -0.2) is 0 Å². The fraction of sp³-hybridized carbons (Fsp3) is 0. The minimum atomic E-state index is 0.870. The summed E-state index contributed by atoms with van der Waals surface area (Å²) in [7, 11) is 0. The first kappa shape index (κ1) is 30.0. The van der Waals surface area contributed by atoms with E-state index in [-0.39, 0.29) is 0 Å². The van der Waals surface area contributed by atoms with Crippen LogP contribution in [0.1, 0.15) is 0 Å². The molecule has 244 valence electrons. The first-order valence-corrected chi connectivity index (χ1v) is 17.8. The van der Waals surface area contributed by atoms with Gasteiger partial charge in [0, 0.05) is 22.0 Å². The maximum Gasteiger partial charge on any atom is 0.145 e. The standard InChI is InChI=1S/C50H33NO/c1-2-15-34(16-3-1)39-23-8-9-25-41(39)37-21-12-22-38(33-37)51(46-29-14-20-36-18-5-7-26-42(36)46)47-32-31-44(43-28-13-19-35-17-4-6-24-40(35)43)50-49(47)45-27-10-11-30-48(45)52-50/h1-33H. The predicted octanol–water partition coefficient (Wildman–Crippen LogP) is 14.4. The largest absolute Gasteiger partial charge is 0.455 e. The molecule has 0 aliphatic carbocycles. The molecule has 1 aromatic heterocycles. The van der Waals surface area contributed by atoms with Gasteiger partial charge in [-0.15, -0.1) is 0 Å². The second-order valence-electron chi connectivity index (χ2n) is 13.3. The Balaban J connectivity index is 1.26. The Morgan fingerprint density at radius 1 is 0.346 bits per heavy atom. The molecule has 0 fully saturated rings. The van der Waals surface area contributed by atoms with Crippen LogP contribution in [0.4, 0.5) is 17.1 Å². The molecule has 0 radical (unpaired) electrons. The van der Waals surface area contributed by atoms with E-state index in [1.807, 2.05) is 0 Å². The zero-order chi connectivity index (χ0) is 34.4. The van der Waals surface area contributed by atoms with E-state index in [9.17, 15) is 0 Å². The van der Waals surface area contributed by atoms with Crippen molar-refractivity contribution < 1.29 is 4.42 Å². The summed E-state index contributed by atoms with van der Waals surface area (Å²) in [6, 6.07) is 71.6. The minimum Gasteiger partial charge on any atom is -0.455 e. The molecule has 52 heavy (non-hydrogen) atoms. The Morgan fingerprint density at radius 2 is 0.923 bits per heavy atom. The molecule has 0 aliphatic heterocycles. The van der Waals surface area contributed by atoms with Gasteiger partial charge in [0.1, 0.15) is 11.2 Å². The van der Waals surface area contributed by atoms with E-state index in [0.717, 1.165) is 55.7 Å². The molecule has 10 aromatic rings. The Kier molecular flexibility index (Phi) is 7.18. The maximum atomic E-state index is 6.87. The molecule has 2 nitrogen and oxygen atoms in total. The van der Waals surface area contributed by atoms with Crippen LogP contribution in [0.5, 0.6) is 0 Å². The molecule has 0 aliphatic rings. The van der Waals surface area contributed by atoms with Crippen molar-refractivity contribution in [2.24, 2.45) is 0 Å². The molecule has 0 bridgehead atoms. The average Bonchev–Trinajstić information content (AvgIpc) is 3.62. The SMILES string of the molecule is c1ccc(-c2ccccc2-c2cccc(N(c3cccc4ccccc34)c3ccc(-c4cccc5ccccc45)c4oc5ccccc5c34)c2)cc1. The average molecular weight is 664 g/mol. The van der Waals surface area contributed by atoms with Crippen LogP contribution in [-0.2, 0) is 0 Å². The van der Waals surface area contributed by atoms with Crippen molar-refractivity contribution in [3.8, 4) is 33.4 Å². The number of furan rings is 1. The fourth-order valence-electron chi connectivity index (χ4n) is 7.90. The van der Waals surface area contributed by atoms with Gasteiger partial charge in [0.05, 0.1) is 16.8 Å². The molecule has 0 N–H and O–H groups in total. The lowest BCUT2D eigenvalue weighted by Crippen LogP contribution is -2.11. The van der Waals surface area contributed by atoms with Crippen molar-refractivity contribution in [2.45, 2.75) is 0 Å². The normalized spacial score (nSPS) is 11.5. The lowest BCUT2D eigenvalue weighted by Gasteiger charge is -2.28. The summed E-state index contributed by atoms with van der Waals surface area (Å²) in [6.07, 6.45) is 0. The molecule has 0 atom stereocenters. The summed E-state index contributed by atoms with van der Waals surface area (Å²) >= 11 is 0. The highest BCUT2D eigenvalue weighted by molar-refractivity contribution is 6.19. The number of benzene rings is 9. The first-order chi connectivity index (χ1) is 25.8. The highest BCUT2D eigenvalue weighted by Crippen LogP contribution is 2.48. The predicted molar refractivity (Wildman–Crippen MR) is 220 cm³/mol.